The van der Waals surface area contributed by atoms with E-state index in [1.54, 1.807) is 0 Å². The lowest BCUT2D eigenvalue weighted by Crippen LogP contribution is -1.95. The molecule has 0 N–H and O–H groups in total. The van der Waals surface area contributed by atoms with Crippen LogP contribution in [0.1, 0.15) is 25.4 Å². The van der Waals surface area contributed by atoms with Gasteiger partial charge in [0, 0.05) is 17.9 Å². The molecule has 10 nitrogen and oxygen atoms in total. The Morgan fingerprint density at radius 2 is 1.67 bits per heavy atom. The molecule has 2 rings (SSSR count). The summed E-state index contributed by atoms with van der Waals surface area (Å²) >= 11 is 0. The Hall–Kier alpha value is -2.29. The van der Waals surface area contributed by atoms with Crippen molar-refractivity contribution in [2.24, 2.45) is 5.18 Å². The molecule has 1 unspecified atom stereocenters. The third-order valence-electron chi connectivity index (χ3n) is 2.45. The first kappa shape index (κ1) is 19.8. The van der Waals surface area contributed by atoms with Crippen molar-refractivity contribution >= 4 is 19.4 Å². The van der Waals surface area contributed by atoms with E-state index >= 15 is 0 Å². The smallest absolute Gasteiger partial charge is 0.433 e. The van der Waals surface area contributed by atoms with Gasteiger partial charge in [0.15, 0.2) is 0 Å². The molecule has 0 aliphatic heterocycles. The van der Waals surface area contributed by atoms with E-state index in [-0.39, 0.29) is 30.6 Å². The van der Waals surface area contributed by atoms with Crippen molar-refractivity contribution in [3.8, 4) is 0 Å². The van der Waals surface area contributed by atoms with Gasteiger partial charge in [-0.2, -0.15) is 0 Å². The zero-order valence-electron chi connectivity index (χ0n) is 13.3. The minimum Gasteiger partial charge on any atom is -0.438 e. The van der Waals surface area contributed by atoms with Crippen LogP contribution in [0.25, 0.3) is 0 Å². The number of nitro groups is 1. The summed E-state index contributed by atoms with van der Waals surface area (Å²) in [5, 5.41) is 13.0. The van der Waals surface area contributed by atoms with Crippen LogP contribution in [0.3, 0.4) is 0 Å². The van der Waals surface area contributed by atoms with Crippen molar-refractivity contribution in [3.63, 3.8) is 0 Å². The molecule has 24 heavy (non-hydrogen) atoms. The van der Waals surface area contributed by atoms with Crippen LogP contribution < -0.4 is 0 Å². The van der Waals surface area contributed by atoms with Gasteiger partial charge in [-0.1, -0.05) is 13.8 Å². The highest BCUT2D eigenvalue weighted by molar-refractivity contribution is 7.52. The van der Waals surface area contributed by atoms with E-state index in [0.29, 0.717) is 0 Å². The number of hydrogen-bond donors (Lipinski definition) is 0. The van der Waals surface area contributed by atoms with Gasteiger partial charge >= 0.3 is 13.5 Å². The van der Waals surface area contributed by atoms with Crippen LogP contribution in [0.5, 0.6) is 0 Å². The highest BCUT2D eigenvalue weighted by atomic mass is 31.2. The molecule has 0 saturated carbocycles. The van der Waals surface area contributed by atoms with Gasteiger partial charge < -0.3 is 17.9 Å². The summed E-state index contributed by atoms with van der Waals surface area (Å²) in [5.74, 6) is -0.153. The largest absolute Gasteiger partial charge is 0.438 e. The molecule has 2 aromatic rings. The Balaban J connectivity index is 0.00000139. The monoisotopic (exact) mass is 360 g/mol. The molecule has 0 amide bonds. The maximum absolute atomic E-state index is 12.0. The number of nitrogens with zero attached hydrogens (tertiary/aromatic N) is 2. The van der Waals surface area contributed by atoms with Crippen LogP contribution in [0.15, 0.2) is 38.3 Å². The van der Waals surface area contributed by atoms with Crippen LogP contribution in [0.2, 0.25) is 0 Å². The van der Waals surface area contributed by atoms with Gasteiger partial charge in [0.05, 0.1) is 6.07 Å². The first-order valence-electron chi connectivity index (χ1n) is 6.91. The lowest BCUT2D eigenvalue weighted by molar-refractivity contribution is -0.402. The lowest BCUT2D eigenvalue weighted by Gasteiger charge is -2.12. The number of furan rings is 2. The van der Waals surface area contributed by atoms with Crippen molar-refractivity contribution in [1.29, 1.82) is 0 Å². The van der Waals surface area contributed by atoms with Crippen LogP contribution in [-0.4, -0.2) is 11.6 Å². The third kappa shape index (κ3) is 6.07. The summed E-state index contributed by atoms with van der Waals surface area (Å²) < 4.78 is 32.0. The Kier molecular flexibility index (Phi) is 7.50. The van der Waals surface area contributed by atoms with Crippen molar-refractivity contribution in [1.82, 2.24) is 0 Å². The molecule has 0 aromatic carbocycles. The summed E-state index contributed by atoms with van der Waals surface area (Å²) in [5.41, 5.74) is 0. The van der Waals surface area contributed by atoms with Gasteiger partial charge in [-0.15, -0.1) is 4.91 Å². The van der Waals surface area contributed by atoms with Gasteiger partial charge in [0.25, 0.3) is 5.88 Å². The van der Waals surface area contributed by atoms with E-state index < -0.39 is 18.4 Å². The number of nitroso groups, excluding NO2 is 1. The molecule has 0 aliphatic rings. The molecular weight excluding hydrogens is 343 g/mol. The molecule has 0 saturated heterocycles. The van der Waals surface area contributed by atoms with E-state index in [1.807, 2.05) is 13.8 Å². The van der Waals surface area contributed by atoms with Crippen molar-refractivity contribution in [3.05, 3.63) is 50.8 Å². The van der Waals surface area contributed by atoms with Crippen molar-refractivity contribution in [2.75, 3.05) is 6.66 Å². The molecular formula is C13H17N2O8P. The summed E-state index contributed by atoms with van der Waals surface area (Å²) in [6.07, 6.45) is 0. The molecule has 1 atom stereocenters. The highest BCUT2D eigenvalue weighted by Gasteiger charge is 2.20. The van der Waals surface area contributed by atoms with Crippen molar-refractivity contribution < 1.29 is 27.4 Å². The minimum atomic E-state index is -3.44. The quantitative estimate of drug-likeness (QED) is 0.284. The number of rotatable bonds is 8. The second kappa shape index (κ2) is 9.11. The number of hydrogen-bond acceptors (Lipinski definition) is 9. The Labute approximate surface area is 137 Å². The zero-order chi connectivity index (χ0) is 18.2. The third-order valence-corrected chi connectivity index (χ3v) is 3.64. The Morgan fingerprint density at radius 1 is 1.12 bits per heavy atom. The fourth-order valence-corrected chi connectivity index (χ4v) is 2.23. The first-order valence-corrected chi connectivity index (χ1v) is 8.90. The van der Waals surface area contributed by atoms with Crippen LogP contribution in [0.4, 0.5) is 11.8 Å². The maximum atomic E-state index is 12.0. The lowest BCUT2D eigenvalue weighted by atomic mass is 10.5. The van der Waals surface area contributed by atoms with Crippen LogP contribution in [0, 0.1) is 15.0 Å². The molecule has 132 valence electrons. The van der Waals surface area contributed by atoms with Crippen LogP contribution in [-0.2, 0) is 26.8 Å². The summed E-state index contributed by atoms with van der Waals surface area (Å²) in [7, 11) is -3.44. The molecule has 0 fully saturated rings. The van der Waals surface area contributed by atoms with Crippen molar-refractivity contribution in [2.45, 2.75) is 27.1 Å². The fraction of sp³-hybridized carbons (Fsp3) is 0.385. The highest BCUT2D eigenvalue weighted by Crippen LogP contribution is 2.45. The first-order chi connectivity index (χ1) is 11.4. The predicted octanol–water partition coefficient (Wildman–Crippen LogP) is 4.76. The maximum Gasteiger partial charge on any atom is 0.433 e. The SMILES string of the molecule is CC.CP(=O)(OCc1ccc(N=O)o1)OCc1ccc([N+](=O)[O-])o1. The summed E-state index contributed by atoms with van der Waals surface area (Å²) in [6, 6.07) is 5.30. The second-order valence-corrected chi connectivity index (χ2v) is 6.21. The average molecular weight is 360 g/mol. The van der Waals surface area contributed by atoms with E-state index in [9.17, 15) is 19.6 Å². The minimum absolute atomic E-state index is 0.117. The predicted molar refractivity (Wildman–Crippen MR) is 84.0 cm³/mol. The van der Waals surface area contributed by atoms with E-state index in [1.165, 1.54) is 24.9 Å². The van der Waals surface area contributed by atoms with E-state index in [4.69, 9.17) is 17.9 Å². The summed E-state index contributed by atoms with van der Waals surface area (Å²) in [6.45, 7) is 4.80. The zero-order valence-corrected chi connectivity index (χ0v) is 14.2. The normalized spacial score (nSPS) is 12.8. The fourth-order valence-electron chi connectivity index (χ4n) is 1.43. The molecule has 0 bridgehead atoms. The summed E-state index contributed by atoms with van der Waals surface area (Å²) in [4.78, 5) is 20.0. The van der Waals surface area contributed by atoms with Gasteiger partial charge in [-0.3, -0.25) is 14.7 Å². The molecule has 0 aliphatic carbocycles. The molecule has 0 spiro atoms. The molecule has 2 aromatic heterocycles. The van der Waals surface area contributed by atoms with E-state index in [0.717, 1.165) is 6.07 Å². The Morgan fingerprint density at radius 3 is 2.12 bits per heavy atom. The van der Waals surface area contributed by atoms with Gasteiger partial charge in [-0.25, -0.2) is 0 Å². The second-order valence-electron chi connectivity index (χ2n) is 4.15. The molecule has 2 heterocycles. The standard InChI is InChI=1S/C11H11N2O8P.C2H6/c1-22(17,18-6-8-2-4-10(12-14)20-8)19-7-9-3-5-11(21-9)13(15)16;1-2/h2-5H,6-7H2,1H3;1-2H3. The topological polar surface area (TPSA) is 134 Å². The molecule has 11 heteroatoms. The molecule has 0 radical (unpaired) electrons. The van der Waals surface area contributed by atoms with Gasteiger partial charge in [0.2, 0.25) is 0 Å². The Bertz CT molecular complexity index is 723. The average Bonchev–Trinajstić information content (AvgIpc) is 3.22. The van der Waals surface area contributed by atoms with E-state index in [2.05, 4.69) is 5.18 Å². The van der Waals surface area contributed by atoms with Gasteiger partial charge in [0.1, 0.15) is 29.7 Å². The van der Waals surface area contributed by atoms with Gasteiger partial charge in [-0.05, 0) is 12.1 Å². The van der Waals surface area contributed by atoms with Crippen LogP contribution >= 0.6 is 7.60 Å².